The number of hydrogen-bond donors (Lipinski definition) is 0. The zero-order valence-electron chi connectivity index (χ0n) is 14.4. The van der Waals surface area contributed by atoms with Crippen LogP contribution in [0.3, 0.4) is 0 Å². The van der Waals surface area contributed by atoms with E-state index in [1.54, 1.807) is 0 Å². The number of hydrogen-bond acceptors (Lipinski definition) is 2. The molecular weight excluding hydrogens is 308 g/mol. The summed E-state index contributed by atoms with van der Waals surface area (Å²) in [5, 5.41) is 0. The van der Waals surface area contributed by atoms with E-state index in [9.17, 15) is 0 Å². The van der Waals surface area contributed by atoms with Gasteiger partial charge in [-0.2, -0.15) is 0 Å². The van der Waals surface area contributed by atoms with E-state index < -0.39 is 0 Å². The molecule has 0 fully saturated rings. The van der Waals surface area contributed by atoms with Crippen molar-refractivity contribution in [1.82, 2.24) is 9.38 Å². The fraction of sp³-hybridized carbons (Fsp3) is 0.136. The van der Waals surface area contributed by atoms with Crippen molar-refractivity contribution in [2.75, 3.05) is 0 Å². The standard InChI is InChI=1S/C22H20N2O/c1-16-14-19(22-17(2)24-13-7-6-10-21(24)23-22)11-12-20(16)25-15-18-8-4-3-5-9-18/h3-14H,15H2,1-2H3. The van der Waals surface area contributed by atoms with Crippen LogP contribution in [-0.2, 0) is 6.61 Å². The summed E-state index contributed by atoms with van der Waals surface area (Å²) in [5.74, 6) is 0.911. The van der Waals surface area contributed by atoms with Gasteiger partial charge in [0.05, 0.1) is 5.69 Å². The van der Waals surface area contributed by atoms with Gasteiger partial charge in [0, 0.05) is 17.5 Å². The van der Waals surface area contributed by atoms with Gasteiger partial charge in [0.2, 0.25) is 0 Å². The van der Waals surface area contributed by atoms with Crippen molar-refractivity contribution in [3.63, 3.8) is 0 Å². The largest absolute Gasteiger partial charge is 0.489 e. The summed E-state index contributed by atoms with van der Waals surface area (Å²) in [7, 11) is 0. The lowest BCUT2D eigenvalue weighted by atomic mass is 10.1. The van der Waals surface area contributed by atoms with Crippen molar-refractivity contribution in [3.05, 3.63) is 89.7 Å². The highest BCUT2D eigenvalue weighted by Crippen LogP contribution is 2.29. The van der Waals surface area contributed by atoms with Gasteiger partial charge in [0.15, 0.2) is 0 Å². The second-order valence-corrected chi connectivity index (χ2v) is 6.23. The first-order valence-electron chi connectivity index (χ1n) is 8.44. The molecule has 0 amide bonds. The van der Waals surface area contributed by atoms with Gasteiger partial charge in [-0.3, -0.25) is 0 Å². The zero-order valence-corrected chi connectivity index (χ0v) is 14.4. The van der Waals surface area contributed by atoms with E-state index in [1.165, 1.54) is 5.56 Å². The first-order chi connectivity index (χ1) is 12.2. The summed E-state index contributed by atoms with van der Waals surface area (Å²) in [4.78, 5) is 4.77. The number of imidazole rings is 1. The van der Waals surface area contributed by atoms with E-state index in [0.717, 1.165) is 33.9 Å². The minimum Gasteiger partial charge on any atom is -0.489 e. The third-order valence-electron chi connectivity index (χ3n) is 4.45. The molecule has 25 heavy (non-hydrogen) atoms. The monoisotopic (exact) mass is 328 g/mol. The Morgan fingerprint density at radius 1 is 0.920 bits per heavy atom. The number of aromatic nitrogens is 2. The lowest BCUT2D eigenvalue weighted by Gasteiger charge is -2.10. The lowest BCUT2D eigenvalue weighted by Crippen LogP contribution is -1.97. The molecule has 4 aromatic rings. The quantitative estimate of drug-likeness (QED) is 0.515. The molecule has 0 aliphatic heterocycles. The molecule has 4 rings (SSSR count). The molecule has 0 radical (unpaired) electrons. The van der Waals surface area contributed by atoms with Gasteiger partial charge in [-0.05, 0) is 55.3 Å². The van der Waals surface area contributed by atoms with Crippen molar-refractivity contribution in [2.24, 2.45) is 0 Å². The van der Waals surface area contributed by atoms with Crippen LogP contribution in [0.15, 0.2) is 72.9 Å². The molecule has 2 aromatic carbocycles. The van der Waals surface area contributed by atoms with Crippen LogP contribution in [0.5, 0.6) is 5.75 Å². The van der Waals surface area contributed by atoms with E-state index in [2.05, 4.69) is 42.5 Å². The number of nitrogens with zero attached hydrogens (tertiary/aromatic N) is 2. The molecule has 0 aliphatic rings. The topological polar surface area (TPSA) is 26.5 Å². The Kier molecular flexibility index (Phi) is 3.98. The van der Waals surface area contributed by atoms with Crippen LogP contribution in [0.25, 0.3) is 16.9 Å². The molecule has 3 heteroatoms. The van der Waals surface area contributed by atoms with Crippen LogP contribution in [-0.4, -0.2) is 9.38 Å². The summed E-state index contributed by atoms with van der Waals surface area (Å²) >= 11 is 0. The molecule has 0 atom stereocenters. The predicted octanol–water partition coefficient (Wildman–Crippen LogP) is 5.20. The molecule has 0 N–H and O–H groups in total. The van der Waals surface area contributed by atoms with Gasteiger partial charge in [-0.25, -0.2) is 4.98 Å². The van der Waals surface area contributed by atoms with Gasteiger partial charge in [0.25, 0.3) is 0 Å². The minimum absolute atomic E-state index is 0.578. The first kappa shape index (κ1) is 15.5. The maximum absolute atomic E-state index is 5.98. The van der Waals surface area contributed by atoms with Crippen molar-refractivity contribution >= 4 is 5.65 Å². The summed E-state index contributed by atoms with van der Waals surface area (Å²) < 4.78 is 8.09. The molecule has 3 nitrogen and oxygen atoms in total. The second kappa shape index (κ2) is 6.44. The lowest BCUT2D eigenvalue weighted by molar-refractivity contribution is 0.304. The van der Waals surface area contributed by atoms with E-state index in [4.69, 9.17) is 9.72 Å². The van der Waals surface area contributed by atoms with Crippen molar-refractivity contribution in [1.29, 1.82) is 0 Å². The van der Waals surface area contributed by atoms with Crippen LogP contribution in [0.2, 0.25) is 0 Å². The van der Waals surface area contributed by atoms with Crippen LogP contribution < -0.4 is 4.74 Å². The van der Waals surface area contributed by atoms with Gasteiger partial charge < -0.3 is 9.14 Å². The molecule has 0 bridgehead atoms. The smallest absolute Gasteiger partial charge is 0.137 e. The Bertz CT molecular complexity index is 1020. The van der Waals surface area contributed by atoms with Crippen molar-refractivity contribution in [3.8, 4) is 17.0 Å². The maximum atomic E-state index is 5.98. The Balaban J connectivity index is 1.61. The van der Waals surface area contributed by atoms with Crippen LogP contribution >= 0.6 is 0 Å². The Morgan fingerprint density at radius 2 is 1.72 bits per heavy atom. The summed E-state index contributed by atoms with van der Waals surface area (Å²) in [6, 6.07) is 22.6. The number of benzene rings is 2. The minimum atomic E-state index is 0.578. The number of aryl methyl sites for hydroxylation is 2. The van der Waals surface area contributed by atoms with Gasteiger partial charge >= 0.3 is 0 Å². The summed E-state index contributed by atoms with van der Waals surface area (Å²) in [5.41, 5.74) is 6.53. The van der Waals surface area contributed by atoms with Crippen molar-refractivity contribution in [2.45, 2.75) is 20.5 Å². The Labute approximate surface area is 147 Å². The average molecular weight is 328 g/mol. The van der Waals surface area contributed by atoms with Crippen LogP contribution in [0.1, 0.15) is 16.8 Å². The summed E-state index contributed by atoms with van der Waals surface area (Å²) in [6.07, 6.45) is 2.05. The van der Waals surface area contributed by atoms with E-state index >= 15 is 0 Å². The third-order valence-corrected chi connectivity index (χ3v) is 4.45. The molecular formula is C22H20N2O. The number of fused-ring (bicyclic) bond motifs is 1. The molecule has 2 heterocycles. The molecule has 124 valence electrons. The molecule has 0 aliphatic carbocycles. The summed E-state index contributed by atoms with van der Waals surface area (Å²) in [6.45, 7) is 4.76. The fourth-order valence-electron chi connectivity index (χ4n) is 3.09. The van der Waals surface area contributed by atoms with E-state index in [0.29, 0.717) is 6.61 Å². The molecule has 0 spiro atoms. The molecule has 0 saturated carbocycles. The molecule has 0 saturated heterocycles. The Hall–Kier alpha value is -3.07. The number of ether oxygens (including phenoxy) is 1. The normalized spacial score (nSPS) is 11.0. The molecule has 2 aromatic heterocycles. The van der Waals surface area contributed by atoms with E-state index in [1.807, 2.05) is 48.7 Å². The Morgan fingerprint density at radius 3 is 2.48 bits per heavy atom. The number of pyridine rings is 1. The highest BCUT2D eigenvalue weighted by molar-refractivity contribution is 5.68. The predicted molar refractivity (Wildman–Crippen MR) is 101 cm³/mol. The van der Waals surface area contributed by atoms with Crippen molar-refractivity contribution < 1.29 is 4.74 Å². The first-order valence-corrected chi connectivity index (χ1v) is 8.44. The average Bonchev–Trinajstić information content (AvgIpc) is 2.99. The highest BCUT2D eigenvalue weighted by atomic mass is 16.5. The van der Waals surface area contributed by atoms with Gasteiger partial charge in [-0.15, -0.1) is 0 Å². The molecule has 0 unspecified atom stereocenters. The zero-order chi connectivity index (χ0) is 17.2. The number of rotatable bonds is 4. The SMILES string of the molecule is Cc1cc(-c2nc3ccccn3c2C)ccc1OCc1ccccc1. The van der Waals surface area contributed by atoms with Gasteiger partial charge in [0.1, 0.15) is 18.0 Å². The van der Waals surface area contributed by atoms with E-state index in [-0.39, 0.29) is 0 Å². The second-order valence-electron chi connectivity index (χ2n) is 6.23. The fourth-order valence-corrected chi connectivity index (χ4v) is 3.09. The highest BCUT2D eigenvalue weighted by Gasteiger charge is 2.11. The van der Waals surface area contributed by atoms with Gasteiger partial charge in [-0.1, -0.05) is 36.4 Å². The maximum Gasteiger partial charge on any atom is 0.137 e. The van der Waals surface area contributed by atoms with Crippen LogP contribution in [0.4, 0.5) is 0 Å². The van der Waals surface area contributed by atoms with Crippen LogP contribution in [0, 0.1) is 13.8 Å². The third kappa shape index (κ3) is 3.01.